The lowest BCUT2D eigenvalue weighted by Crippen LogP contribution is -2.36. The number of hydrogen-bond acceptors (Lipinski definition) is 5. The molecule has 1 aromatic carbocycles. The van der Waals surface area contributed by atoms with Gasteiger partial charge in [0, 0.05) is 14.8 Å². The number of carbonyl (C=O) groups excluding carboxylic acids is 2. The molecule has 0 spiro atoms. The smallest absolute Gasteiger partial charge is 0.264 e. The summed E-state index contributed by atoms with van der Waals surface area (Å²) in [6, 6.07) is 1.78. The molecule has 0 saturated heterocycles. The van der Waals surface area contributed by atoms with Crippen molar-refractivity contribution in [1.82, 2.24) is 9.55 Å². The third-order valence-electron chi connectivity index (χ3n) is 3.56. The Morgan fingerprint density at radius 1 is 1.48 bits per heavy atom. The van der Waals surface area contributed by atoms with E-state index in [1.54, 1.807) is 0 Å². The number of carbonyl (C=O) groups is 2. The van der Waals surface area contributed by atoms with Crippen LogP contribution in [-0.2, 0) is 9.59 Å². The second-order valence-electron chi connectivity index (χ2n) is 4.94. The Hall–Kier alpha value is -2.50. The van der Waals surface area contributed by atoms with Crippen molar-refractivity contribution in [2.45, 2.75) is 32.2 Å². The Labute approximate surface area is 124 Å². The first-order valence-corrected chi connectivity index (χ1v) is 6.41. The number of rotatable bonds is 1. The van der Waals surface area contributed by atoms with Gasteiger partial charge >= 0.3 is 0 Å². The number of fused-ring (bicyclic) bond motifs is 1. The zero-order valence-corrected chi connectivity index (χ0v) is 11.1. The summed E-state index contributed by atoms with van der Waals surface area (Å²) < 4.78 is 24.1. The lowest BCUT2D eigenvalue weighted by atomic mass is 9.92. The molecule has 0 aliphatic heterocycles. The lowest BCUT2D eigenvalue weighted by molar-refractivity contribution is -0.132. The van der Waals surface area contributed by atoms with Crippen LogP contribution in [-0.4, -0.2) is 21.1 Å². The monoisotopic (exact) mass is 288 g/mol. The molecular formula is C15H15N3O3. The van der Waals surface area contributed by atoms with Gasteiger partial charge in [-0.3, -0.25) is 19.0 Å². The summed E-state index contributed by atoms with van der Waals surface area (Å²) in [5.41, 5.74) is 5.52. The van der Waals surface area contributed by atoms with E-state index in [-0.39, 0.29) is 41.8 Å². The molecule has 6 nitrogen and oxygen atoms in total. The van der Waals surface area contributed by atoms with Crippen LogP contribution in [0.3, 0.4) is 0 Å². The molecule has 2 aromatic rings. The zero-order chi connectivity index (χ0) is 17.6. The zero-order valence-electron chi connectivity index (χ0n) is 14.1. The average Bonchev–Trinajstić information content (AvgIpc) is 2.50. The van der Waals surface area contributed by atoms with E-state index in [2.05, 4.69) is 4.98 Å². The molecule has 1 aromatic heterocycles. The Bertz CT molecular complexity index is 926. The Kier molecular flexibility index (Phi) is 2.35. The quantitative estimate of drug-likeness (QED) is 0.627. The van der Waals surface area contributed by atoms with Gasteiger partial charge in [-0.1, -0.05) is 6.04 Å². The van der Waals surface area contributed by atoms with Crippen LogP contribution in [0.1, 0.15) is 35.2 Å². The fourth-order valence-corrected chi connectivity index (χ4v) is 2.56. The third-order valence-corrected chi connectivity index (χ3v) is 3.56. The molecule has 0 bridgehead atoms. The fraction of sp³-hybridized carbons (Fsp3) is 0.333. The van der Waals surface area contributed by atoms with Gasteiger partial charge in [0.2, 0.25) is 0 Å². The maximum Gasteiger partial charge on any atom is 0.264 e. The van der Waals surface area contributed by atoms with Crippen LogP contribution in [0, 0.1) is 6.90 Å². The topological polar surface area (TPSA) is 95.0 Å². The number of aromatic nitrogens is 2. The Balaban J connectivity index is 2.28. The van der Waals surface area contributed by atoms with Gasteiger partial charge in [-0.15, -0.1) is 0 Å². The summed E-state index contributed by atoms with van der Waals surface area (Å²) in [5.74, 6) is -0.877. The maximum atomic E-state index is 12.9. The van der Waals surface area contributed by atoms with E-state index in [4.69, 9.17) is 9.85 Å². The second kappa shape index (κ2) is 4.80. The van der Waals surface area contributed by atoms with Crippen molar-refractivity contribution in [3.8, 4) is 0 Å². The highest BCUT2D eigenvalue weighted by molar-refractivity contribution is 6.03. The van der Waals surface area contributed by atoms with Crippen LogP contribution in [0.2, 0.25) is 0 Å². The number of ketones is 2. The minimum atomic E-state index is -1.08. The van der Waals surface area contributed by atoms with E-state index in [9.17, 15) is 14.4 Å². The van der Waals surface area contributed by atoms with Gasteiger partial charge in [-0.25, -0.2) is 4.98 Å². The highest BCUT2D eigenvalue weighted by Crippen LogP contribution is 2.24. The summed E-state index contributed by atoms with van der Waals surface area (Å²) in [5, 5.41) is 0.0782. The van der Waals surface area contributed by atoms with E-state index in [1.165, 1.54) is 12.1 Å². The van der Waals surface area contributed by atoms with Gasteiger partial charge in [0.1, 0.15) is 11.6 Å². The van der Waals surface area contributed by atoms with Crippen LogP contribution in [0.25, 0.3) is 10.9 Å². The van der Waals surface area contributed by atoms with Gasteiger partial charge in [-0.2, -0.15) is 0 Å². The van der Waals surface area contributed by atoms with E-state index >= 15 is 0 Å². The molecule has 108 valence electrons. The molecule has 2 atom stereocenters. The normalized spacial score (nSPS) is 24.7. The standard InChI is InChI=1S/C15H15N3O3/c1-8-17-11-4-2-3-10(16)14(11)15(21)18(8)12-6-5-9(19)7-13(12)20/h2-4,12H,5-7,16H2,1H3/i1D,2D,5D. The molecular weight excluding hydrogens is 270 g/mol. The van der Waals surface area contributed by atoms with Crippen molar-refractivity contribution in [2.24, 2.45) is 0 Å². The summed E-state index contributed by atoms with van der Waals surface area (Å²) in [4.78, 5) is 40.8. The number of aryl methyl sites for hydroxylation is 1. The number of benzene rings is 1. The molecule has 2 N–H and O–H groups in total. The largest absolute Gasteiger partial charge is 0.398 e. The third kappa shape index (κ3) is 2.12. The molecule has 0 radical (unpaired) electrons. The van der Waals surface area contributed by atoms with E-state index < -0.39 is 36.0 Å². The number of hydrogen-bond donors (Lipinski definition) is 1. The maximum absolute atomic E-state index is 12.9. The summed E-state index contributed by atoms with van der Waals surface area (Å²) in [6.45, 7) is -0.353. The first-order valence-electron chi connectivity index (χ1n) is 8.20. The molecule has 6 heteroatoms. The highest BCUT2D eigenvalue weighted by atomic mass is 16.2. The fourth-order valence-electron chi connectivity index (χ4n) is 2.56. The van der Waals surface area contributed by atoms with Crippen LogP contribution < -0.4 is 11.3 Å². The molecule has 2 unspecified atom stereocenters. The predicted molar refractivity (Wildman–Crippen MR) is 78.1 cm³/mol. The first kappa shape index (κ1) is 10.3. The van der Waals surface area contributed by atoms with Crippen LogP contribution >= 0.6 is 0 Å². The van der Waals surface area contributed by atoms with E-state index in [0.717, 1.165) is 4.57 Å². The molecule has 1 aliphatic carbocycles. The average molecular weight is 288 g/mol. The minimum absolute atomic E-state index is 0.0531. The van der Waals surface area contributed by atoms with Gasteiger partial charge in [-0.05, 0) is 25.5 Å². The number of anilines is 1. The van der Waals surface area contributed by atoms with Crippen LogP contribution in [0.5, 0.6) is 0 Å². The summed E-state index contributed by atoms with van der Waals surface area (Å²) in [6.07, 6.45) is -1.60. The van der Waals surface area contributed by atoms with Gasteiger partial charge in [0.05, 0.1) is 24.7 Å². The minimum Gasteiger partial charge on any atom is -0.398 e. The molecule has 21 heavy (non-hydrogen) atoms. The van der Waals surface area contributed by atoms with Crippen molar-refractivity contribution in [1.29, 1.82) is 0 Å². The van der Waals surface area contributed by atoms with Crippen LogP contribution in [0.15, 0.2) is 23.0 Å². The van der Waals surface area contributed by atoms with E-state index in [0.29, 0.717) is 0 Å². The molecule has 1 aliphatic rings. The second-order valence-corrected chi connectivity index (χ2v) is 4.94. The van der Waals surface area contributed by atoms with E-state index in [1.807, 2.05) is 0 Å². The highest BCUT2D eigenvalue weighted by Gasteiger charge is 2.30. The van der Waals surface area contributed by atoms with Crippen LogP contribution in [0.4, 0.5) is 5.69 Å². The van der Waals surface area contributed by atoms with Crippen molar-refractivity contribution in [3.63, 3.8) is 0 Å². The molecule has 3 rings (SSSR count). The van der Waals surface area contributed by atoms with Gasteiger partial charge in [0.25, 0.3) is 5.56 Å². The molecule has 1 fully saturated rings. The molecule has 0 amide bonds. The number of nitrogens with zero attached hydrogens (tertiary/aromatic N) is 2. The number of nitrogen functional groups attached to an aromatic ring is 1. The Morgan fingerprint density at radius 3 is 3.05 bits per heavy atom. The lowest BCUT2D eigenvalue weighted by Gasteiger charge is -2.24. The summed E-state index contributed by atoms with van der Waals surface area (Å²) in [7, 11) is 0. The molecule has 1 saturated carbocycles. The van der Waals surface area contributed by atoms with Crippen molar-refractivity contribution >= 4 is 28.2 Å². The Morgan fingerprint density at radius 2 is 2.29 bits per heavy atom. The van der Waals surface area contributed by atoms with Crippen molar-refractivity contribution in [3.05, 3.63) is 34.4 Å². The first-order chi connectivity index (χ1) is 11.3. The van der Waals surface area contributed by atoms with Crippen molar-refractivity contribution < 1.29 is 13.7 Å². The number of Topliss-reactive ketones (excluding diaryl/α,β-unsaturated/α-hetero) is 2. The van der Waals surface area contributed by atoms with Gasteiger partial charge < -0.3 is 5.73 Å². The number of nitrogens with two attached hydrogens (primary N) is 1. The SMILES string of the molecule is [2H]Cc1nc2cc([2H])cc(N)c2c(=O)n1C1CC([2H])C(=O)CC1=O. The van der Waals surface area contributed by atoms with Crippen molar-refractivity contribution in [2.75, 3.05) is 5.73 Å². The van der Waals surface area contributed by atoms with Gasteiger partial charge in [0.15, 0.2) is 5.78 Å². The predicted octanol–water partition coefficient (Wildman–Crippen LogP) is 1.15. The summed E-state index contributed by atoms with van der Waals surface area (Å²) >= 11 is 0. The molecule has 1 heterocycles.